The van der Waals surface area contributed by atoms with E-state index in [1.165, 1.54) is 24.3 Å². The van der Waals surface area contributed by atoms with Crippen LogP contribution in [-0.4, -0.2) is 24.4 Å². The topological polar surface area (TPSA) is 20.3 Å². The normalized spacial score (nSPS) is 9.88. The molecule has 0 atom stereocenters. The van der Waals surface area contributed by atoms with E-state index in [-0.39, 0.29) is 11.7 Å². The Balaban J connectivity index is 2.56. The van der Waals surface area contributed by atoms with Crippen molar-refractivity contribution in [3.8, 4) is 0 Å². The summed E-state index contributed by atoms with van der Waals surface area (Å²) in [5.41, 5.74) is 0.516. The number of rotatable bonds is 5. The summed E-state index contributed by atoms with van der Waals surface area (Å²) in [6.07, 6.45) is 3.62. The Bertz CT molecular complexity index is 359. The summed E-state index contributed by atoms with van der Waals surface area (Å²) < 4.78 is 12.7. The fourth-order valence-electron chi connectivity index (χ4n) is 1.39. The molecule has 0 spiro atoms. The van der Waals surface area contributed by atoms with Crippen LogP contribution in [0.4, 0.5) is 4.39 Å². The Hall–Kier alpha value is -1.64. The predicted molar refractivity (Wildman–Crippen MR) is 62.8 cm³/mol. The van der Waals surface area contributed by atoms with Crippen molar-refractivity contribution in [2.75, 3.05) is 13.6 Å². The molecule has 1 amide bonds. The lowest BCUT2D eigenvalue weighted by Crippen LogP contribution is -2.27. The van der Waals surface area contributed by atoms with Crippen LogP contribution in [0, 0.1) is 5.82 Å². The number of allylic oxidation sites excluding steroid dienone is 1. The highest BCUT2D eigenvalue weighted by molar-refractivity contribution is 5.93. The van der Waals surface area contributed by atoms with E-state index in [0.717, 1.165) is 12.8 Å². The highest BCUT2D eigenvalue weighted by atomic mass is 19.1. The average Bonchev–Trinajstić information content (AvgIpc) is 2.29. The highest BCUT2D eigenvalue weighted by Gasteiger charge is 2.10. The van der Waals surface area contributed by atoms with Gasteiger partial charge in [0.1, 0.15) is 5.82 Å². The number of amides is 1. The van der Waals surface area contributed by atoms with Crippen molar-refractivity contribution >= 4 is 5.91 Å². The van der Waals surface area contributed by atoms with Crippen molar-refractivity contribution in [2.24, 2.45) is 0 Å². The molecule has 2 nitrogen and oxygen atoms in total. The van der Waals surface area contributed by atoms with Gasteiger partial charge in [-0.3, -0.25) is 4.79 Å². The molecule has 16 heavy (non-hydrogen) atoms. The molecule has 1 aromatic carbocycles. The van der Waals surface area contributed by atoms with Gasteiger partial charge >= 0.3 is 0 Å². The van der Waals surface area contributed by atoms with Gasteiger partial charge in [-0.25, -0.2) is 4.39 Å². The maximum absolute atomic E-state index is 12.7. The van der Waals surface area contributed by atoms with E-state index in [1.807, 2.05) is 6.08 Å². The first-order valence-corrected chi connectivity index (χ1v) is 5.27. The van der Waals surface area contributed by atoms with E-state index in [1.54, 1.807) is 11.9 Å². The van der Waals surface area contributed by atoms with Crippen molar-refractivity contribution < 1.29 is 9.18 Å². The van der Waals surface area contributed by atoms with E-state index in [4.69, 9.17) is 0 Å². The number of hydrogen-bond donors (Lipinski definition) is 0. The molecule has 0 aromatic heterocycles. The first-order valence-electron chi connectivity index (χ1n) is 5.27. The van der Waals surface area contributed by atoms with E-state index < -0.39 is 0 Å². The number of carbonyl (C=O) groups excluding carboxylic acids is 1. The van der Waals surface area contributed by atoms with Crippen LogP contribution in [0.5, 0.6) is 0 Å². The van der Waals surface area contributed by atoms with Crippen LogP contribution in [0.3, 0.4) is 0 Å². The van der Waals surface area contributed by atoms with Crippen molar-refractivity contribution in [3.63, 3.8) is 0 Å². The van der Waals surface area contributed by atoms with Crippen LogP contribution in [0.1, 0.15) is 23.2 Å². The van der Waals surface area contributed by atoms with Crippen molar-refractivity contribution in [3.05, 3.63) is 48.3 Å². The minimum Gasteiger partial charge on any atom is -0.342 e. The molecule has 0 aliphatic carbocycles. The standard InChI is InChI=1S/C13H16FNO/c1-3-4-5-10-15(2)13(16)11-6-8-12(14)9-7-11/h3,6-9H,1,4-5,10H2,2H3. The summed E-state index contributed by atoms with van der Waals surface area (Å²) in [5.74, 6) is -0.407. The largest absolute Gasteiger partial charge is 0.342 e. The molecule has 3 heteroatoms. The molecule has 0 saturated carbocycles. The van der Waals surface area contributed by atoms with Crippen LogP contribution < -0.4 is 0 Å². The molecule has 0 heterocycles. The highest BCUT2D eigenvalue weighted by Crippen LogP contribution is 2.06. The maximum atomic E-state index is 12.7. The number of halogens is 1. The summed E-state index contributed by atoms with van der Waals surface area (Å²) in [6.45, 7) is 4.31. The minimum atomic E-state index is -0.328. The summed E-state index contributed by atoms with van der Waals surface area (Å²) in [4.78, 5) is 13.5. The van der Waals surface area contributed by atoms with Crippen LogP contribution >= 0.6 is 0 Å². The summed E-state index contributed by atoms with van der Waals surface area (Å²) in [6, 6.07) is 5.60. The molecule has 1 aromatic rings. The van der Waals surface area contributed by atoms with Gasteiger partial charge in [-0.15, -0.1) is 6.58 Å². The zero-order chi connectivity index (χ0) is 12.0. The van der Waals surface area contributed by atoms with E-state index in [2.05, 4.69) is 6.58 Å². The predicted octanol–water partition coefficient (Wildman–Crippen LogP) is 2.86. The first kappa shape index (κ1) is 12.4. The lowest BCUT2D eigenvalue weighted by Gasteiger charge is -2.16. The van der Waals surface area contributed by atoms with E-state index in [9.17, 15) is 9.18 Å². The van der Waals surface area contributed by atoms with Crippen LogP contribution in [-0.2, 0) is 0 Å². The first-order chi connectivity index (χ1) is 7.65. The molecule has 0 radical (unpaired) electrons. The molecule has 0 aliphatic heterocycles. The average molecular weight is 221 g/mol. The SMILES string of the molecule is C=CCCCN(C)C(=O)c1ccc(F)cc1. The molecule has 0 bridgehead atoms. The third kappa shape index (κ3) is 3.50. The van der Waals surface area contributed by atoms with Crippen LogP contribution in [0.25, 0.3) is 0 Å². The lowest BCUT2D eigenvalue weighted by atomic mass is 10.2. The summed E-state index contributed by atoms with van der Waals surface area (Å²) in [5, 5.41) is 0. The fraction of sp³-hybridized carbons (Fsp3) is 0.308. The van der Waals surface area contributed by atoms with Crippen molar-refractivity contribution in [1.82, 2.24) is 4.90 Å². The number of unbranched alkanes of at least 4 members (excludes halogenated alkanes) is 1. The third-order valence-electron chi connectivity index (χ3n) is 2.34. The molecule has 1 rings (SSSR count). The fourth-order valence-corrected chi connectivity index (χ4v) is 1.39. The van der Waals surface area contributed by atoms with Gasteiger partial charge in [0.2, 0.25) is 0 Å². The molecular formula is C13H16FNO. The van der Waals surface area contributed by atoms with Gasteiger partial charge in [0.05, 0.1) is 0 Å². The molecule has 0 saturated heterocycles. The second-order valence-corrected chi connectivity index (χ2v) is 3.66. The lowest BCUT2D eigenvalue weighted by molar-refractivity contribution is 0.0794. The van der Waals surface area contributed by atoms with Gasteiger partial charge in [0, 0.05) is 19.2 Å². The summed E-state index contributed by atoms with van der Waals surface area (Å²) in [7, 11) is 1.74. The quantitative estimate of drug-likeness (QED) is 0.553. The zero-order valence-corrected chi connectivity index (χ0v) is 9.45. The Kier molecular flexibility index (Phi) is 4.70. The van der Waals surface area contributed by atoms with Gasteiger partial charge in [-0.2, -0.15) is 0 Å². The summed E-state index contributed by atoms with van der Waals surface area (Å²) >= 11 is 0. The zero-order valence-electron chi connectivity index (χ0n) is 9.45. The van der Waals surface area contributed by atoms with Crippen LogP contribution in [0.2, 0.25) is 0 Å². The van der Waals surface area contributed by atoms with Crippen LogP contribution in [0.15, 0.2) is 36.9 Å². The van der Waals surface area contributed by atoms with E-state index in [0.29, 0.717) is 12.1 Å². The molecule has 0 N–H and O–H groups in total. The molecule has 0 unspecified atom stereocenters. The number of carbonyl (C=O) groups is 1. The number of hydrogen-bond acceptors (Lipinski definition) is 1. The molecule has 0 aliphatic rings. The smallest absolute Gasteiger partial charge is 0.253 e. The Morgan fingerprint density at radius 1 is 1.44 bits per heavy atom. The molecule has 86 valence electrons. The van der Waals surface area contributed by atoms with Gasteiger partial charge in [-0.1, -0.05) is 6.08 Å². The Morgan fingerprint density at radius 2 is 2.06 bits per heavy atom. The van der Waals surface area contributed by atoms with Gasteiger partial charge in [0.25, 0.3) is 5.91 Å². The van der Waals surface area contributed by atoms with Crippen molar-refractivity contribution in [1.29, 1.82) is 0 Å². The number of benzene rings is 1. The second-order valence-electron chi connectivity index (χ2n) is 3.66. The monoisotopic (exact) mass is 221 g/mol. The molecule has 0 fully saturated rings. The number of nitrogens with zero attached hydrogens (tertiary/aromatic N) is 1. The maximum Gasteiger partial charge on any atom is 0.253 e. The van der Waals surface area contributed by atoms with E-state index >= 15 is 0 Å². The van der Waals surface area contributed by atoms with Gasteiger partial charge < -0.3 is 4.90 Å². The van der Waals surface area contributed by atoms with Crippen molar-refractivity contribution in [2.45, 2.75) is 12.8 Å². The van der Waals surface area contributed by atoms with Gasteiger partial charge in [0.15, 0.2) is 0 Å². The Morgan fingerprint density at radius 3 is 2.62 bits per heavy atom. The molecular weight excluding hydrogens is 205 g/mol. The third-order valence-corrected chi connectivity index (χ3v) is 2.34. The second kappa shape index (κ2) is 6.05. The van der Waals surface area contributed by atoms with Gasteiger partial charge in [-0.05, 0) is 37.1 Å². The Labute approximate surface area is 95.4 Å². The minimum absolute atomic E-state index is 0.0796.